The molecule has 7 heteroatoms. The highest BCUT2D eigenvalue weighted by molar-refractivity contribution is 7.80. The zero-order valence-corrected chi connectivity index (χ0v) is 17.1. The first kappa shape index (κ1) is 19.1. The summed E-state index contributed by atoms with van der Waals surface area (Å²) in [5, 5.41) is 7.03. The van der Waals surface area contributed by atoms with Crippen molar-refractivity contribution in [3.63, 3.8) is 0 Å². The summed E-state index contributed by atoms with van der Waals surface area (Å²) in [5.41, 5.74) is 0. The molecule has 2 saturated heterocycles. The van der Waals surface area contributed by atoms with Gasteiger partial charge >= 0.3 is 0 Å². The zero-order valence-electron chi connectivity index (χ0n) is 16.3. The van der Waals surface area contributed by atoms with E-state index >= 15 is 0 Å². The minimum absolute atomic E-state index is 0.539. The first-order chi connectivity index (χ1) is 12.5. The van der Waals surface area contributed by atoms with Crippen LogP contribution in [0.2, 0.25) is 0 Å². The van der Waals surface area contributed by atoms with Crippen LogP contribution in [0.15, 0.2) is 6.07 Å². The van der Waals surface area contributed by atoms with Crippen LogP contribution < -0.4 is 20.4 Å². The third-order valence-electron chi connectivity index (χ3n) is 5.01. The van der Waals surface area contributed by atoms with Gasteiger partial charge in [0, 0.05) is 38.8 Å². The van der Waals surface area contributed by atoms with Crippen molar-refractivity contribution in [2.75, 3.05) is 47.8 Å². The molecule has 144 valence electrons. The van der Waals surface area contributed by atoms with Crippen LogP contribution in [0.3, 0.4) is 0 Å². The number of nitrogens with one attached hydrogen (secondary N) is 2. The van der Waals surface area contributed by atoms with Crippen LogP contribution >= 0.6 is 12.2 Å². The molecule has 0 aliphatic carbocycles. The Kier molecular flexibility index (Phi) is 6.51. The Hall–Kier alpha value is -1.63. The van der Waals surface area contributed by atoms with Crippen LogP contribution in [-0.2, 0) is 0 Å². The summed E-state index contributed by atoms with van der Waals surface area (Å²) in [7, 11) is 0. The van der Waals surface area contributed by atoms with Crippen LogP contribution in [-0.4, -0.2) is 47.8 Å². The predicted molar refractivity (Wildman–Crippen MR) is 113 cm³/mol. The summed E-state index contributed by atoms with van der Waals surface area (Å²) >= 11 is 5.42. The van der Waals surface area contributed by atoms with Crippen LogP contribution in [0.5, 0.6) is 0 Å². The molecule has 0 saturated carbocycles. The number of rotatable bonds is 5. The minimum Gasteiger partial charge on any atom is -0.362 e. The average Bonchev–Trinajstić information content (AvgIpc) is 3.14. The smallest absolute Gasteiger partial charge is 0.232 e. The highest BCUT2D eigenvalue weighted by atomic mass is 32.1. The first-order valence-electron chi connectivity index (χ1n) is 9.95. The monoisotopic (exact) mass is 376 g/mol. The van der Waals surface area contributed by atoms with Gasteiger partial charge in [-0.15, -0.1) is 0 Å². The first-order valence-corrected chi connectivity index (χ1v) is 10.4. The fourth-order valence-corrected chi connectivity index (χ4v) is 3.76. The van der Waals surface area contributed by atoms with Gasteiger partial charge in [-0.2, -0.15) is 9.97 Å². The molecule has 1 aromatic heterocycles. The predicted octanol–water partition coefficient (Wildman–Crippen LogP) is 3.26. The molecular formula is C19H32N6S. The van der Waals surface area contributed by atoms with Gasteiger partial charge in [0.2, 0.25) is 5.95 Å². The Bertz CT molecular complexity index is 614. The van der Waals surface area contributed by atoms with Crippen LogP contribution in [0.1, 0.15) is 46.5 Å². The SMILES string of the molecule is CC(C)CNC(=S)Nc1nc(N2CCCC2)cc(N2CCC[C@H](C)C2)n1. The Morgan fingerprint density at radius 3 is 2.46 bits per heavy atom. The summed E-state index contributed by atoms with van der Waals surface area (Å²) < 4.78 is 0. The van der Waals surface area contributed by atoms with Gasteiger partial charge in [-0.1, -0.05) is 20.8 Å². The highest BCUT2D eigenvalue weighted by Crippen LogP contribution is 2.27. The number of hydrogen-bond donors (Lipinski definition) is 2. The molecule has 26 heavy (non-hydrogen) atoms. The number of piperidine rings is 1. The van der Waals surface area contributed by atoms with Gasteiger partial charge in [0.25, 0.3) is 0 Å². The van der Waals surface area contributed by atoms with Gasteiger partial charge in [0.15, 0.2) is 5.11 Å². The van der Waals surface area contributed by atoms with Crippen molar-refractivity contribution in [3.05, 3.63) is 6.07 Å². The number of aromatic nitrogens is 2. The second-order valence-electron chi connectivity index (χ2n) is 8.02. The maximum absolute atomic E-state index is 5.42. The lowest BCUT2D eigenvalue weighted by Gasteiger charge is -2.32. The van der Waals surface area contributed by atoms with Crippen molar-refractivity contribution in [3.8, 4) is 0 Å². The third kappa shape index (κ3) is 5.19. The fourth-order valence-electron chi connectivity index (χ4n) is 3.59. The molecule has 6 nitrogen and oxygen atoms in total. The van der Waals surface area contributed by atoms with Gasteiger partial charge in [-0.3, -0.25) is 0 Å². The normalized spacial score (nSPS) is 20.5. The van der Waals surface area contributed by atoms with Gasteiger partial charge in [0.1, 0.15) is 11.6 Å². The zero-order chi connectivity index (χ0) is 18.5. The number of thiocarbonyl (C=S) groups is 1. The molecule has 1 atom stereocenters. The number of nitrogens with zero attached hydrogens (tertiary/aromatic N) is 4. The lowest BCUT2D eigenvalue weighted by Crippen LogP contribution is -2.36. The van der Waals surface area contributed by atoms with E-state index in [2.05, 4.69) is 47.3 Å². The maximum Gasteiger partial charge on any atom is 0.232 e. The molecule has 0 unspecified atom stereocenters. The molecule has 2 aliphatic rings. The quantitative estimate of drug-likeness (QED) is 0.765. The van der Waals surface area contributed by atoms with E-state index in [1.54, 1.807) is 0 Å². The molecule has 2 N–H and O–H groups in total. The molecule has 0 spiro atoms. The second kappa shape index (κ2) is 8.84. The van der Waals surface area contributed by atoms with E-state index in [0.29, 0.717) is 22.9 Å². The largest absolute Gasteiger partial charge is 0.362 e. The molecule has 0 amide bonds. The molecule has 3 heterocycles. The lowest BCUT2D eigenvalue weighted by molar-refractivity contribution is 0.444. The number of hydrogen-bond acceptors (Lipinski definition) is 5. The summed E-state index contributed by atoms with van der Waals surface area (Å²) in [6.45, 7) is 11.8. The van der Waals surface area contributed by atoms with Crippen molar-refractivity contribution in [1.29, 1.82) is 0 Å². The second-order valence-corrected chi connectivity index (χ2v) is 8.43. The van der Waals surface area contributed by atoms with E-state index in [4.69, 9.17) is 22.2 Å². The highest BCUT2D eigenvalue weighted by Gasteiger charge is 2.21. The Morgan fingerprint density at radius 2 is 1.81 bits per heavy atom. The molecule has 0 radical (unpaired) electrons. The minimum atomic E-state index is 0.539. The van der Waals surface area contributed by atoms with Crippen molar-refractivity contribution in [2.24, 2.45) is 11.8 Å². The fraction of sp³-hybridized carbons (Fsp3) is 0.737. The summed E-state index contributed by atoms with van der Waals surface area (Å²) in [6, 6.07) is 2.15. The van der Waals surface area contributed by atoms with E-state index in [1.807, 2.05) is 0 Å². The van der Waals surface area contributed by atoms with E-state index in [1.165, 1.54) is 25.7 Å². The third-order valence-corrected chi connectivity index (χ3v) is 5.25. The van der Waals surface area contributed by atoms with E-state index in [0.717, 1.165) is 44.4 Å². The number of anilines is 3. The molecule has 1 aromatic rings. The van der Waals surface area contributed by atoms with Gasteiger partial charge < -0.3 is 20.4 Å². The van der Waals surface area contributed by atoms with Crippen molar-refractivity contribution >= 4 is 34.9 Å². The van der Waals surface area contributed by atoms with Crippen LogP contribution in [0.4, 0.5) is 17.6 Å². The van der Waals surface area contributed by atoms with Crippen molar-refractivity contribution < 1.29 is 0 Å². The van der Waals surface area contributed by atoms with Crippen LogP contribution in [0.25, 0.3) is 0 Å². The topological polar surface area (TPSA) is 56.3 Å². The van der Waals surface area contributed by atoms with Gasteiger partial charge in [-0.05, 0) is 49.7 Å². The van der Waals surface area contributed by atoms with E-state index < -0.39 is 0 Å². The Labute approximate surface area is 162 Å². The molecular weight excluding hydrogens is 344 g/mol. The summed E-state index contributed by atoms with van der Waals surface area (Å²) in [5.74, 6) is 3.88. The Morgan fingerprint density at radius 1 is 1.15 bits per heavy atom. The molecule has 0 aromatic carbocycles. The van der Waals surface area contributed by atoms with Gasteiger partial charge in [-0.25, -0.2) is 0 Å². The Balaban J connectivity index is 1.79. The molecule has 3 rings (SSSR count). The van der Waals surface area contributed by atoms with Crippen molar-refractivity contribution in [2.45, 2.75) is 46.5 Å². The lowest BCUT2D eigenvalue weighted by atomic mass is 10.0. The maximum atomic E-state index is 5.42. The standard InChI is InChI=1S/C19H32N6S/c1-14(2)12-20-19(26)23-18-21-16(24-8-4-5-9-24)11-17(22-18)25-10-6-7-15(3)13-25/h11,14-15H,4-10,12-13H2,1-3H3,(H2,20,21,22,23,26)/t15-/m0/s1. The van der Waals surface area contributed by atoms with E-state index in [9.17, 15) is 0 Å². The van der Waals surface area contributed by atoms with Gasteiger partial charge in [0.05, 0.1) is 0 Å². The summed E-state index contributed by atoms with van der Waals surface area (Å²) in [6.07, 6.45) is 4.99. The van der Waals surface area contributed by atoms with Crippen molar-refractivity contribution in [1.82, 2.24) is 15.3 Å². The molecule has 2 aliphatic heterocycles. The van der Waals surface area contributed by atoms with Crippen LogP contribution in [0, 0.1) is 11.8 Å². The molecule has 0 bridgehead atoms. The van der Waals surface area contributed by atoms with E-state index in [-0.39, 0.29) is 0 Å². The summed E-state index contributed by atoms with van der Waals surface area (Å²) in [4.78, 5) is 14.3. The average molecular weight is 377 g/mol. The molecule has 2 fully saturated rings.